The van der Waals surface area contributed by atoms with Crippen LogP contribution in [-0.4, -0.2) is 15.6 Å². The summed E-state index contributed by atoms with van der Waals surface area (Å²) in [5.74, 6) is 0.978. The molecule has 0 amide bonds. The van der Waals surface area contributed by atoms with Crippen molar-refractivity contribution in [1.29, 1.82) is 0 Å². The van der Waals surface area contributed by atoms with Gasteiger partial charge in [0.15, 0.2) is 0 Å². The van der Waals surface area contributed by atoms with E-state index in [9.17, 15) is 0 Å². The second kappa shape index (κ2) is 4.14. The van der Waals surface area contributed by atoms with Gasteiger partial charge in [-0.3, -0.25) is 0 Å². The predicted molar refractivity (Wildman–Crippen MR) is 51.2 cm³/mol. The summed E-state index contributed by atoms with van der Waals surface area (Å²) >= 11 is 0. The number of nitrogens with one attached hydrogen (secondary N) is 1. The molecule has 0 atom stereocenters. The molecule has 0 fully saturated rings. The van der Waals surface area contributed by atoms with Crippen LogP contribution in [0, 0.1) is 0 Å². The molecule has 0 spiro atoms. The second-order valence-corrected chi connectivity index (χ2v) is 3.08. The van der Waals surface area contributed by atoms with Crippen molar-refractivity contribution >= 4 is 5.82 Å². The van der Waals surface area contributed by atoms with Crippen molar-refractivity contribution < 1.29 is 0 Å². The molecular weight excluding hydrogens is 150 g/mol. The maximum Gasteiger partial charge on any atom is 0.144 e. The number of nitrogens with zero attached hydrogens (tertiary/aromatic N) is 2. The van der Waals surface area contributed by atoms with Crippen LogP contribution in [0.2, 0.25) is 0 Å². The molecule has 1 heterocycles. The van der Waals surface area contributed by atoms with Crippen LogP contribution in [0.25, 0.3) is 0 Å². The molecule has 3 heteroatoms. The van der Waals surface area contributed by atoms with E-state index >= 15 is 0 Å². The highest BCUT2D eigenvalue weighted by molar-refractivity contribution is 5.32. The SMILES string of the molecule is CCC(CC)Nc1cn(C)cn1. The summed E-state index contributed by atoms with van der Waals surface area (Å²) < 4.78 is 1.95. The van der Waals surface area contributed by atoms with Gasteiger partial charge >= 0.3 is 0 Å². The number of anilines is 1. The van der Waals surface area contributed by atoms with Gasteiger partial charge in [0.2, 0.25) is 0 Å². The van der Waals surface area contributed by atoms with Crippen molar-refractivity contribution in [3.63, 3.8) is 0 Å². The molecular formula is C9H17N3. The van der Waals surface area contributed by atoms with Crippen molar-refractivity contribution in [2.24, 2.45) is 7.05 Å². The van der Waals surface area contributed by atoms with Crippen LogP contribution in [0.4, 0.5) is 5.82 Å². The highest BCUT2D eigenvalue weighted by Crippen LogP contribution is 2.07. The summed E-state index contributed by atoms with van der Waals surface area (Å²) in [6.07, 6.45) is 6.10. The molecule has 0 bridgehead atoms. The molecule has 1 aromatic heterocycles. The van der Waals surface area contributed by atoms with E-state index in [0.717, 1.165) is 18.7 Å². The third-order valence-electron chi connectivity index (χ3n) is 2.04. The predicted octanol–water partition coefficient (Wildman–Crippen LogP) is 2.02. The summed E-state index contributed by atoms with van der Waals surface area (Å²) in [5.41, 5.74) is 0. The van der Waals surface area contributed by atoms with Crippen LogP contribution in [-0.2, 0) is 7.05 Å². The molecule has 0 radical (unpaired) electrons. The lowest BCUT2D eigenvalue weighted by Gasteiger charge is -2.13. The Labute approximate surface area is 73.8 Å². The minimum Gasteiger partial charge on any atom is -0.366 e. The zero-order chi connectivity index (χ0) is 8.97. The highest BCUT2D eigenvalue weighted by atomic mass is 15.1. The summed E-state index contributed by atoms with van der Waals surface area (Å²) in [6, 6.07) is 0.555. The van der Waals surface area contributed by atoms with Crippen LogP contribution >= 0.6 is 0 Å². The molecule has 0 aliphatic heterocycles. The molecule has 3 nitrogen and oxygen atoms in total. The first-order valence-electron chi connectivity index (χ1n) is 4.50. The summed E-state index contributed by atoms with van der Waals surface area (Å²) in [6.45, 7) is 4.37. The van der Waals surface area contributed by atoms with E-state index in [2.05, 4.69) is 24.1 Å². The topological polar surface area (TPSA) is 29.9 Å². The van der Waals surface area contributed by atoms with Crippen LogP contribution in [0.3, 0.4) is 0 Å². The van der Waals surface area contributed by atoms with E-state index in [1.807, 2.05) is 24.1 Å². The zero-order valence-electron chi connectivity index (χ0n) is 8.04. The fourth-order valence-corrected chi connectivity index (χ4v) is 1.19. The standard InChI is InChI=1S/C9H17N3/c1-4-8(5-2)11-9-6-12(3)7-10-9/h6-8,11H,4-5H2,1-3H3. The molecule has 0 unspecified atom stereocenters. The van der Waals surface area contributed by atoms with Gasteiger partial charge in [0.25, 0.3) is 0 Å². The molecule has 68 valence electrons. The van der Waals surface area contributed by atoms with Crippen molar-refractivity contribution in [3.8, 4) is 0 Å². The first-order valence-corrected chi connectivity index (χ1v) is 4.50. The van der Waals surface area contributed by atoms with Gasteiger partial charge in [-0.05, 0) is 12.8 Å². The number of aromatic nitrogens is 2. The van der Waals surface area contributed by atoms with Gasteiger partial charge in [-0.15, -0.1) is 0 Å². The van der Waals surface area contributed by atoms with Gasteiger partial charge in [0.1, 0.15) is 5.82 Å². The summed E-state index contributed by atoms with van der Waals surface area (Å²) in [5, 5.41) is 3.37. The van der Waals surface area contributed by atoms with Gasteiger partial charge < -0.3 is 9.88 Å². The van der Waals surface area contributed by atoms with E-state index in [1.54, 1.807) is 0 Å². The minimum atomic E-state index is 0.555. The molecule has 0 saturated carbocycles. The first-order chi connectivity index (χ1) is 5.76. The molecule has 1 aromatic rings. The zero-order valence-corrected chi connectivity index (χ0v) is 8.04. The Morgan fingerprint density at radius 3 is 2.58 bits per heavy atom. The highest BCUT2D eigenvalue weighted by Gasteiger charge is 2.03. The lowest BCUT2D eigenvalue weighted by atomic mass is 10.2. The van der Waals surface area contributed by atoms with E-state index in [-0.39, 0.29) is 0 Å². The molecule has 0 aliphatic rings. The molecule has 1 N–H and O–H groups in total. The van der Waals surface area contributed by atoms with Crippen molar-refractivity contribution in [1.82, 2.24) is 9.55 Å². The second-order valence-electron chi connectivity index (χ2n) is 3.08. The third kappa shape index (κ3) is 2.26. The number of imidazole rings is 1. The maximum absolute atomic E-state index is 4.20. The number of aryl methyl sites for hydroxylation is 1. The quantitative estimate of drug-likeness (QED) is 0.743. The third-order valence-corrected chi connectivity index (χ3v) is 2.04. The average Bonchev–Trinajstić information content (AvgIpc) is 2.47. The Hall–Kier alpha value is -0.990. The van der Waals surface area contributed by atoms with Gasteiger partial charge in [-0.2, -0.15) is 0 Å². The Morgan fingerprint density at radius 1 is 1.50 bits per heavy atom. The number of hydrogen-bond donors (Lipinski definition) is 1. The van der Waals surface area contributed by atoms with Crippen molar-refractivity contribution in [2.45, 2.75) is 32.7 Å². The number of rotatable bonds is 4. The lowest BCUT2D eigenvalue weighted by molar-refractivity contribution is 0.669. The molecule has 0 aliphatic carbocycles. The summed E-state index contributed by atoms with van der Waals surface area (Å²) in [4.78, 5) is 4.20. The number of hydrogen-bond acceptors (Lipinski definition) is 2. The molecule has 0 saturated heterocycles. The normalized spacial score (nSPS) is 10.7. The van der Waals surface area contributed by atoms with E-state index < -0.39 is 0 Å². The Kier molecular flexibility index (Phi) is 3.14. The lowest BCUT2D eigenvalue weighted by Crippen LogP contribution is -2.16. The van der Waals surface area contributed by atoms with Gasteiger partial charge in [-0.25, -0.2) is 4.98 Å². The fraction of sp³-hybridized carbons (Fsp3) is 0.667. The fourth-order valence-electron chi connectivity index (χ4n) is 1.19. The largest absolute Gasteiger partial charge is 0.366 e. The van der Waals surface area contributed by atoms with Crippen LogP contribution in [0.5, 0.6) is 0 Å². The Bertz CT molecular complexity index is 225. The molecule has 1 rings (SSSR count). The van der Waals surface area contributed by atoms with Crippen molar-refractivity contribution in [2.75, 3.05) is 5.32 Å². The van der Waals surface area contributed by atoms with Crippen LogP contribution in [0.1, 0.15) is 26.7 Å². The van der Waals surface area contributed by atoms with E-state index in [1.165, 1.54) is 0 Å². The molecule has 12 heavy (non-hydrogen) atoms. The smallest absolute Gasteiger partial charge is 0.144 e. The van der Waals surface area contributed by atoms with Crippen LogP contribution < -0.4 is 5.32 Å². The average molecular weight is 167 g/mol. The van der Waals surface area contributed by atoms with E-state index in [0.29, 0.717) is 6.04 Å². The van der Waals surface area contributed by atoms with Crippen molar-refractivity contribution in [3.05, 3.63) is 12.5 Å². The van der Waals surface area contributed by atoms with E-state index in [4.69, 9.17) is 0 Å². The van der Waals surface area contributed by atoms with Gasteiger partial charge in [-0.1, -0.05) is 13.8 Å². The Morgan fingerprint density at radius 2 is 2.17 bits per heavy atom. The summed E-state index contributed by atoms with van der Waals surface area (Å²) in [7, 11) is 1.98. The molecule has 0 aromatic carbocycles. The first kappa shape index (κ1) is 9.10. The minimum absolute atomic E-state index is 0.555. The van der Waals surface area contributed by atoms with Gasteiger partial charge in [0, 0.05) is 19.3 Å². The van der Waals surface area contributed by atoms with Gasteiger partial charge in [0.05, 0.1) is 6.33 Å². The monoisotopic (exact) mass is 167 g/mol. The maximum atomic E-state index is 4.20. The Balaban J connectivity index is 2.50. The van der Waals surface area contributed by atoms with Crippen LogP contribution in [0.15, 0.2) is 12.5 Å².